The van der Waals surface area contributed by atoms with E-state index in [4.69, 9.17) is 9.47 Å². The topological polar surface area (TPSA) is 78.3 Å². The molecule has 30 heavy (non-hydrogen) atoms. The first-order valence-corrected chi connectivity index (χ1v) is 10.6. The van der Waals surface area contributed by atoms with Gasteiger partial charge >= 0.3 is 0 Å². The number of hydrogen-bond acceptors (Lipinski definition) is 6. The maximum absolute atomic E-state index is 12.3. The summed E-state index contributed by atoms with van der Waals surface area (Å²) in [5.74, 6) is 2.39. The predicted molar refractivity (Wildman–Crippen MR) is 118 cm³/mol. The van der Waals surface area contributed by atoms with Gasteiger partial charge in [0, 0.05) is 12.2 Å². The summed E-state index contributed by atoms with van der Waals surface area (Å²) in [6, 6.07) is 13.9. The Morgan fingerprint density at radius 3 is 2.60 bits per heavy atom. The van der Waals surface area contributed by atoms with Crippen LogP contribution < -0.4 is 14.8 Å². The van der Waals surface area contributed by atoms with Crippen molar-refractivity contribution in [1.82, 2.24) is 20.1 Å². The molecule has 0 saturated heterocycles. The molecule has 0 aliphatic rings. The predicted octanol–water partition coefficient (Wildman–Crippen LogP) is 3.35. The Bertz CT molecular complexity index is 1020. The summed E-state index contributed by atoms with van der Waals surface area (Å²) in [5.41, 5.74) is 3.22. The van der Waals surface area contributed by atoms with Gasteiger partial charge in [-0.1, -0.05) is 30.0 Å². The van der Waals surface area contributed by atoms with Gasteiger partial charge in [0.05, 0.1) is 20.0 Å². The molecule has 0 atom stereocenters. The van der Waals surface area contributed by atoms with E-state index in [2.05, 4.69) is 21.6 Å². The lowest BCUT2D eigenvalue weighted by Crippen LogP contribution is -2.27. The number of rotatable bonds is 9. The van der Waals surface area contributed by atoms with Crippen LogP contribution in [0.25, 0.3) is 5.69 Å². The number of nitrogens with zero attached hydrogens (tertiary/aromatic N) is 3. The van der Waals surface area contributed by atoms with Gasteiger partial charge in [0.1, 0.15) is 5.82 Å². The van der Waals surface area contributed by atoms with E-state index in [1.807, 2.05) is 54.8 Å². The summed E-state index contributed by atoms with van der Waals surface area (Å²) in [6.07, 6.45) is 0.704. The Labute approximate surface area is 180 Å². The number of carbonyl (C=O) groups excluding carboxylic acids is 1. The molecule has 0 aliphatic heterocycles. The van der Waals surface area contributed by atoms with Crippen LogP contribution in [-0.4, -0.2) is 47.2 Å². The van der Waals surface area contributed by atoms with Gasteiger partial charge in [0.15, 0.2) is 16.7 Å². The molecule has 8 heteroatoms. The van der Waals surface area contributed by atoms with Crippen LogP contribution in [0.5, 0.6) is 11.5 Å². The van der Waals surface area contributed by atoms with Crippen LogP contribution in [0.2, 0.25) is 0 Å². The molecule has 0 saturated carbocycles. The Balaban J connectivity index is 1.54. The number of ether oxygens (including phenoxy) is 2. The smallest absolute Gasteiger partial charge is 0.230 e. The third-order valence-electron chi connectivity index (χ3n) is 4.57. The highest BCUT2D eigenvalue weighted by Crippen LogP contribution is 2.27. The Morgan fingerprint density at radius 2 is 1.87 bits per heavy atom. The van der Waals surface area contributed by atoms with Gasteiger partial charge < -0.3 is 14.8 Å². The van der Waals surface area contributed by atoms with Crippen molar-refractivity contribution in [3.05, 3.63) is 59.4 Å². The number of aromatic nitrogens is 3. The molecule has 0 bridgehead atoms. The first-order valence-electron chi connectivity index (χ1n) is 9.61. The molecule has 1 N–H and O–H groups in total. The van der Waals surface area contributed by atoms with E-state index in [1.54, 1.807) is 14.2 Å². The van der Waals surface area contributed by atoms with Crippen molar-refractivity contribution < 1.29 is 14.3 Å². The number of methoxy groups -OCH3 is 2. The van der Waals surface area contributed by atoms with Crippen LogP contribution in [-0.2, 0) is 11.2 Å². The molecule has 0 spiro atoms. The van der Waals surface area contributed by atoms with Crippen molar-refractivity contribution in [2.75, 3.05) is 26.5 Å². The van der Waals surface area contributed by atoms with E-state index >= 15 is 0 Å². The summed E-state index contributed by atoms with van der Waals surface area (Å²) >= 11 is 1.37. The molecule has 158 valence electrons. The van der Waals surface area contributed by atoms with Crippen LogP contribution in [0.15, 0.2) is 47.6 Å². The third kappa shape index (κ3) is 5.33. The zero-order valence-corrected chi connectivity index (χ0v) is 18.5. The second-order valence-corrected chi connectivity index (χ2v) is 7.72. The Hall–Kier alpha value is -3.00. The molecule has 3 rings (SSSR count). The monoisotopic (exact) mass is 426 g/mol. The summed E-state index contributed by atoms with van der Waals surface area (Å²) in [6.45, 7) is 4.49. The van der Waals surface area contributed by atoms with E-state index in [0.717, 1.165) is 22.6 Å². The SMILES string of the molecule is COc1ccc(CCNC(=O)CSc2nnc(C)n2-c2cccc(C)c2)cc1OC. The molecular weight excluding hydrogens is 400 g/mol. The van der Waals surface area contributed by atoms with Gasteiger partial charge in [0.25, 0.3) is 0 Å². The lowest BCUT2D eigenvalue weighted by atomic mass is 10.1. The first-order chi connectivity index (χ1) is 14.5. The fourth-order valence-corrected chi connectivity index (χ4v) is 3.89. The van der Waals surface area contributed by atoms with E-state index in [-0.39, 0.29) is 11.7 Å². The average molecular weight is 427 g/mol. The van der Waals surface area contributed by atoms with Gasteiger partial charge in [-0.15, -0.1) is 10.2 Å². The largest absolute Gasteiger partial charge is 0.493 e. The minimum atomic E-state index is -0.0445. The van der Waals surface area contributed by atoms with Crippen molar-refractivity contribution in [2.45, 2.75) is 25.4 Å². The highest BCUT2D eigenvalue weighted by Gasteiger charge is 2.13. The van der Waals surface area contributed by atoms with E-state index < -0.39 is 0 Å². The molecule has 0 unspecified atom stereocenters. The van der Waals surface area contributed by atoms with Crippen molar-refractivity contribution in [2.24, 2.45) is 0 Å². The molecule has 0 aliphatic carbocycles. The van der Waals surface area contributed by atoms with Gasteiger partial charge in [0.2, 0.25) is 5.91 Å². The number of thioether (sulfide) groups is 1. The van der Waals surface area contributed by atoms with Crippen LogP contribution in [0.3, 0.4) is 0 Å². The van der Waals surface area contributed by atoms with Gasteiger partial charge in [-0.05, 0) is 55.7 Å². The number of benzene rings is 2. The molecule has 2 aromatic carbocycles. The highest BCUT2D eigenvalue weighted by molar-refractivity contribution is 7.99. The molecule has 0 fully saturated rings. The van der Waals surface area contributed by atoms with Gasteiger partial charge in [-0.2, -0.15) is 0 Å². The summed E-state index contributed by atoms with van der Waals surface area (Å²) in [7, 11) is 3.22. The normalized spacial score (nSPS) is 10.7. The maximum atomic E-state index is 12.3. The quantitative estimate of drug-likeness (QED) is 0.529. The van der Waals surface area contributed by atoms with Crippen molar-refractivity contribution in [3.63, 3.8) is 0 Å². The second kappa shape index (κ2) is 10.2. The lowest BCUT2D eigenvalue weighted by Gasteiger charge is -2.10. The number of nitrogens with one attached hydrogen (secondary N) is 1. The molecule has 1 heterocycles. The average Bonchev–Trinajstić information content (AvgIpc) is 3.12. The van der Waals surface area contributed by atoms with E-state index in [1.165, 1.54) is 11.8 Å². The zero-order valence-electron chi connectivity index (χ0n) is 17.6. The number of hydrogen-bond donors (Lipinski definition) is 1. The third-order valence-corrected chi connectivity index (χ3v) is 5.50. The van der Waals surface area contributed by atoms with Crippen molar-refractivity contribution in [1.29, 1.82) is 0 Å². The molecule has 1 amide bonds. The van der Waals surface area contributed by atoms with Gasteiger partial charge in [-0.3, -0.25) is 9.36 Å². The van der Waals surface area contributed by atoms with Gasteiger partial charge in [-0.25, -0.2) is 0 Å². The summed E-state index contributed by atoms with van der Waals surface area (Å²) in [5, 5.41) is 12.1. The minimum absolute atomic E-state index is 0.0445. The first kappa shape index (κ1) is 21.7. The van der Waals surface area contributed by atoms with Crippen LogP contribution in [0.1, 0.15) is 17.0 Å². The Morgan fingerprint density at radius 1 is 1.07 bits per heavy atom. The van der Waals surface area contributed by atoms with Crippen LogP contribution >= 0.6 is 11.8 Å². The van der Waals surface area contributed by atoms with Crippen LogP contribution in [0, 0.1) is 13.8 Å². The maximum Gasteiger partial charge on any atom is 0.230 e. The molecule has 3 aromatic rings. The standard InChI is InChI=1S/C22H26N4O3S/c1-15-6-5-7-18(12-15)26-16(2)24-25-22(26)30-14-21(27)23-11-10-17-8-9-19(28-3)20(13-17)29-4/h5-9,12-13H,10-11,14H2,1-4H3,(H,23,27). The van der Waals surface area contributed by atoms with E-state index in [0.29, 0.717) is 29.6 Å². The molecular formula is C22H26N4O3S. The lowest BCUT2D eigenvalue weighted by molar-refractivity contribution is -0.118. The summed E-state index contributed by atoms with van der Waals surface area (Å²) < 4.78 is 12.5. The van der Waals surface area contributed by atoms with Crippen molar-refractivity contribution in [3.8, 4) is 17.2 Å². The molecule has 1 aromatic heterocycles. The fraction of sp³-hybridized carbons (Fsp3) is 0.318. The van der Waals surface area contributed by atoms with Crippen molar-refractivity contribution >= 4 is 17.7 Å². The number of carbonyl (C=O) groups is 1. The minimum Gasteiger partial charge on any atom is -0.493 e. The summed E-state index contributed by atoms with van der Waals surface area (Å²) in [4.78, 5) is 12.3. The van der Waals surface area contributed by atoms with E-state index in [9.17, 15) is 4.79 Å². The number of aryl methyl sites for hydroxylation is 2. The van der Waals surface area contributed by atoms with Crippen LogP contribution in [0.4, 0.5) is 0 Å². The fourth-order valence-electron chi connectivity index (χ4n) is 3.06. The zero-order chi connectivity index (χ0) is 21.5. The Kier molecular flexibility index (Phi) is 7.35. The number of amides is 1. The second-order valence-electron chi connectivity index (χ2n) is 6.78. The highest BCUT2D eigenvalue weighted by atomic mass is 32.2. The molecule has 7 nitrogen and oxygen atoms in total. The molecule has 0 radical (unpaired) electrons.